The van der Waals surface area contributed by atoms with E-state index in [4.69, 9.17) is 14.2 Å². The zero-order valence-corrected chi connectivity index (χ0v) is 15.2. The molecule has 0 spiro atoms. The van der Waals surface area contributed by atoms with E-state index in [9.17, 15) is 5.26 Å². The van der Waals surface area contributed by atoms with E-state index in [0.29, 0.717) is 11.3 Å². The molecule has 0 radical (unpaired) electrons. The van der Waals surface area contributed by atoms with Gasteiger partial charge in [-0.15, -0.1) is 0 Å². The second kappa shape index (κ2) is 8.44. The summed E-state index contributed by atoms with van der Waals surface area (Å²) in [6, 6.07) is 15.5. The van der Waals surface area contributed by atoms with E-state index in [1.807, 2.05) is 48.5 Å². The van der Waals surface area contributed by atoms with Crippen LogP contribution in [0.25, 0.3) is 11.6 Å². The van der Waals surface area contributed by atoms with Gasteiger partial charge in [-0.1, -0.05) is 18.2 Å². The number of ether oxygens (including phenoxy) is 3. The third-order valence-corrected chi connectivity index (χ3v) is 4.60. The average Bonchev–Trinajstić information content (AvgIpc) is 3.19. The second-order valence-corrected chi connectivity index (χ2v) is 6.34. The Morgan fingerprint density at radius 2 is 1.85 bits per heavy atom. The minimum Gasteiger partial charge on any atom is -0.497 e. The summed E-state index contributed by atoms with van der Waals surface area (Å²) < 4.78 is 16.8. The molecule has 1 aliphatic carbocycles. The molecular weight excluding hydrogens is 326 g/mol. The molecule has 134 valence electrons. The molecule has 1 fully saturated rings. The van der Waals surface area contributed by atoms with E-state index in [1.54, 1.807) is 14.2 Å². The van der Waals surface area contributed by atoms with Crippen molar-refractivity contribution in [3.05, 3.63) is 53.6 Å². The fourth-order valence-corrected chi connectivity index (χ4v) is 3.20. The van der Waals surface area contributed by atoms with Crippen molar-refractivity contribution >= 4 is 11.6 Å². The number of methoxy groups -OCH3 is 2. The zero-order chi connectivity index (χ0) is 18.4. The average molecular weight is 349 g/mol. The molecule has 2 aromatic rings. The van der Waals surface area contributed by atoms with Crippen LogP contribution in [0, 0.1) is 11.3 Å². The molecule has 0 heterocycles. The predicted molar refractivity (Wildman–Crippen MR) is 102 cm³/mol. The maximum absolute atomic E-state index is 9.59. The first kappa shape index (κ1) is 17.9. The Labute approximate surface area is 154 Å². The Hall–Kier alpha value is -2.93. The van der Waals surface area contributed by atoms with E-state index < -0.39 is 0 Å². The Balaban J connectivity index is 1.91. The van der Waals surface area contributed by atoms with Crippen LogP contribution >= 0.6 is 0 Å². The first-order chi connectivity index (χ1) is 12.7. The summed E-state index contributed by atoms with van der Waals surface area (Å²) in [6.07, 6.45) is 6.68. The van der Waals surface area contributed by atoms with Crippen LogP contribution in [-0.4, -0.2) is 20.3 Å². The number of nitriles is 1. The summed E-state index contributed by atoms with van der Waals surface area (Å²) in [5.41, 5.74) is 2.29. The lowest BCUT2D eigenvalue weighted by Gasteiger charge is -2.16. The fraction of sp³-hybridized carbons (Fsp3) is 0.318. The van der Waals surface area contributed by atoms with Gasteiger partial charge in [0.1, 0.15) is 5.75 Å². The summed E-state index contributed by atoms with van der Waals surface area (Å²) in [6.45, 7) is 0. The van der Waals surface area contributed by atoms with Crippen molar-refractivity contribution in [1.82, 2.24) is 0 Å². The van der Waals surface area contributed by atoms with Crippen LogP contribution in [0.15, 0.2) is 42.5 Å². The maximum atomic E-state index is 9.59. The van der Waals surface area contributed by atoms with Gasteiger partial charge in [0.25, 0.3) is 0 Å². The summed E-state index contributed by atoms with van der Waals surface area (Å²) in [5, 5.41) is 9.59. The van der Waals surface area contributed by atoms with Gasteiger partial charge in [-0.2, -0.15) is 5.26 Å². The summed E-state index contributed by atoms with van der Waals surface area (Å²) in [7, 11) is 3.26. The van der Waals surface area contributed by atoms with Crippen molar-refractivity contribution in [3.63, 3.8) is 0 Å². The lowest BCUT2D eigenvalue weighted by molar-refractivity contribution is 0.201. The molecule has 4 heteroatoms. The monoisotopic (exact) mass is 349 g/mol. The standard InChI is InChI=1S/C22H23NO3/c1-24-20-9-5-6-17(14-20)18(15-23)12-16-10-11-21(25-2)22(13-16)26-19-7-3-4-8-19/h5-6,9-14,19H,3-4,7-8H2,1-2H3. The zero-order valence-electron chi connectivity index (χ0n) is 15.2. The maximum Gasteiger partial charge on any atom is 0.162 e. The number of hydrogen-bond acceptors (Lipinski definition) is 4. The van der Waals surface area contributed by atoms with Crippen molar-refractivity contribution in [2.24, 2.45) is 0 Å². The summed E-state index contributed by atoms with van der Waals surface area (Å²) >= 11 is 0. The molecule has 0 aromatic heterocycles. The minimum atomic E-state index is 0.247. The van der Waals surface area contributed by atoms with Crippen molar-refractivity contribution in [1.29, 1.82) is 5.26 Å². The van der Waals surface area contributed by atoms with Gasteiger partial charge in [0.15, 0.2) is 11.5 Å². The normalized spacial score (nSPS) is 14.7. The molecule has 26 heavy (non-hydrogen) atoms. The third kappa shape index (κ3) is 4.18. The number of allylic oxidation sites excluding steroid dienone is 1. The van der Waals surface area contributed by atoms with Crippen molar-refractivity contribution < 1.29 is 14.2 Å². The molecule has 0 atom stereocenters. The molecule has 2 aromatic carbocycles. The lowest BCUT2D eigenvalue weighted by atomic mass is 10.0. The first-order valence-corrected chi connectivity index (χ1v) is 8.84. The van der Waals surface area contributed by atoms with Gasteiger partial charge in [0.05, 0.1) is 32.0 Å². The molecule has 0 N–H and O–H groups in total. The Kier molecular flexibility index (Phi) is 5.80. The van der Waals surface area contributed by atoms with Crippen molar-refractivity contribution in [2.45, 2.75) is 31.8 Å². The second-order valence-electron chi connectivity index (χ2n) is 6.34. The van der Waals surface area contributed by atoms with Gasteiger partial charge in [-0.3, -0.25) is 0 Å². The molecule has 3 rings (SSSR count). The molecule has 0 saturated heterocycles. The fourth-order valence-electron chi connectivity index (χ4n) is 3.20. The molecular formula is C22H23NO3. The van der Waals surface area contributed by atoms with E-state index >= 15 is 0 Å². The van der Waals surface area contributed by atoms with Crippen LogP contribution in [-0.2, 0) is 0 Å². The van der Waals surface area contributed by atoms with Gasteiger partial charge in [0.2, 0.25) is 0 Å². The number of rotatable bonds is 6. The lowest BCUT2D eigenvalue weighted by Crippen LogP contribution is -2.11. The summed E-state index contributed by atoms with van der Waals surface area (Å²) in [5.74, 6) is 2.17. The highest BCUT2D eigenvalue weighted by molar-refractivity contribution is 5.90. The highest BCUT2D eigenvalue weighted by Crippen LogP contribution is 2.33. The Morgan fingerprint density at radius 3 is 2.54 bits per heavy atom. The van der Waals surface area contributed by atoms with Gasteiger partial charge >= 0.3 is 0 Å². The summed E-state index contributed by atoms with van der Waals surface area (Å²) in [4.78, 5) is 0. The van der Waals surface area contributed by atoms with Gasteiger partial charge in [0, 0.05) is 0 Å². The molecule has 0 aliphatic heterocycles. The quantitative estimate of drug-likeness (QED) is 0.538. The van der Waals surface area contributed by atoms with Crippen LogP contribution in [0.2, 0.25) is 0 Å². The Morgan fingerprint density at radius 1 is 1.04 bits per heavy atom. The third-order valence-electron chi connectivity index (χ3n) is 4.60. The topological polar surface area (TPSA) is 51.5 Å². The van der Waals surface area contributed by atoms with E-state index in [2.05, 4.69) is 6.07 Å². The van der Waals surface area contributed by atoms with Crippen LogP contribution < -0.4 is 14.2 Å². The van der Waals surface area contributed by atoms with Crippen LogP contribution in [0.1, 0.15) is 36.8 Å². The highest BCUT2D eigenvalue weighted by atomic mass is 16.5. The first-order valence-electron chi connectivity index (χ1n) is 8.84. The minimum absolute atomic E-state index is 0.247. The van der Waals surface area contributed by atoms with Crippen LogP contribution in [0.5, 0.6) is 17.2 Å². The predicted octanol–water partition coefficient (Wildman–Crippen LogP) is 5.09. The van der Waals surface area contributed by atoms with Crippen molar-refractivity contribution in [2.75, 3.05) is 14.2 Å². The van der Waals surface area contributed by atoms with E-state index in [0.717, 1.165) is 35.5 Å². The van der Waals surface area contributed by atoms with E-state index in [1.165, 1.54) is 12.8 Å². The van der Waals surface area contributed by atoms with Crippen molar-refractivity contribution in [3.8, 4) is 23.3 Å². The van der Waals surface area contributed by atoms with Gasteiger partial charge < -0.3 is 14.2 Å². The molecule has 1 saturated carbocycles. The number of nitrogens with zero attached hydrogens (tertiary/aromatic N) is 1. The van der Waals surface area contributed by atoms with Crippen LogP contribution in [0.4, 0.5) is 0 Å². The highest BCUT2D eigenvalue weighted by Gasteiger charge is 2.18. The number of benzene rings is 2. The molecule has 1 aliphatic rings. The molecule has 0 unspecified atom stereocenters. The smallest absolute Gasteiger partial charge is 0.162 e. The van der Waals surface area contributed by atoms with E-state index in [-0.39, 0.29) is 6.10 Å². The molecule has 4 nitrogen and oxygen atoms in total. The molecule has 0 bridgehead atoms. The Bertz CT molecular complexity index is 830. The molecule has 0 amide bonds. The van der Waals surface area contributed by atoms with Crippen LogP contribution in [0.3, 0.4) is 0 Å². The number of hydrogen-bond donors (Lipinski definition) is 0. The van der Waals surface area contributed by atoms with Gasteiger partial charge in [-0.25, -0.2) is 0 Å². The SMILES string of the molecule is COc1cccc(C(C#N)=Cc2ccc(OC)c(OC3CCCC3)c2)c1. The largest absolute Gasteiger partial charge is 0.497 e. The van der Waals surface area contributed by atoms with Gasteiger partial charge in [-0.05, 0) is 67.2 Å².